The maximum Gasteiger partial charge on any atom is 0.251 e. The lowest BCUT2D eigenvalue weighted by Gasteiger charge is -2.15. The number of methoxy groups -OCH3 is 2. The van der Waals surface area contributed by atoms with Gasteiger partial charge in [-0.25, -0.2) is 0 Å². The van der Waals surface area contributed by atoms with Crippen LogP contribution >= 0.6 is 0 Å². The minimum absolute atomic E-state index is 0.103. The SMILES string of the molecule is COc1ccc(C(=O)N[C@@H](C)c2ccncc2)cc1OC. The first kappa shape index (κ1) is 14.8. The normalized spacial score (nSPS) is 11.6. The van der Waals surface area contributed by atoms with Crippen molar-refractivity contribution in [3.05, 3.63) is 53.9 Å². The number of hydrogen-bond acceptors (Lipinski definition) is 4. The largest absolute Gasteiger partial charge is 0.493 e. The van der Waals surface area contributed by atoms with E-state index in [1.807, 2.05) is 19.1 Å². The van der Waals surface area contributed by atoms with E-state index < -0.39 is 0 Å². The summed E-state index contributed by atoms with van der Waals surface area (Å²) in [6.45, 7) is 1.92. The Labute approximate surface area is 123 Å². The first-order chi connectivity index (χ1) is 10.2. The number of carbonyl (C=O) groups excluding carboxylic acids is 1. The van der Waals surface area contributed by atoms with E-state index in [1.165, 1.54) is 0 Å². The lowest BCUT2D eigenvalue weighted by Crippen LogP contribution is -2.26. The summed E-state index contributed by atoms with van der Waals surface area (Å²) in [6.07, 6.45) is 3.41. The third-order valence-corrected chi connectivity index (χ3v) is 3.20. The van der Waals surface area contributed by atoms with E-state index >= 15 is 0 Å². The number of aromatic nitrogens is 1. The standard InChI is InChI=1S/C16H18N2O3/c1-11(12-6-8-17-9-7-12)18-16(19)13-4-5-14(20-2)15(10-13)21-3/h4-11H,1-3H3,(H,18,19)/t11-/m0/s1. The average molecular weight is 286 g/mol. The summed E-state index contributed by atoms with van der Waals surface area (Å²) in [6, 6.07) is 8.72. The maximum atomic E-state index is 12.3. The van der Waals surface area contributed by atoms with Crippen molar-refractivity contribution < 1.29 is 14.3 Å². The molecule has 5 heteroatoms. The van der Waals surface area contributed by atoms with Crippen LogP contribution in [0.2, 0.25) is 0 Å². The summed E-state index contributed by atoms with van der Waals surface area (Å²) >= 11 is 0. The van der Waals surface area contributed by atoms with Gasteiger partial charge in [0.05, 0.1) is 20.3 Å². The van der Waals surface area contributed by atoms with Crippen LogP contribution in [0, 0.1) is 0 Å². The Morgan fingerprint density at radius 2 is 1.76 bits per heavy atom. The molecule has 0 radical (unpaired) electrons. The Morgan fingerprint density at radius 1 is 1.10 bits per heavy atom. The predicted octanol–water partition coefficient (Wildman–Crippen LogP) is 2.59. The Bertz CT molecular complexity index is 614. The molecule has 110 valence electrons. The molecule has 1 atom stereocenters. The fourth-order valence-corrected chi connectivity index (χ4v) is 1.99. The minimum atomic E-state index is -0.166. The number of nitrogens with one attached hydrogen (secondary N) is 1. The highest BCUT2D eigenvalue weighted by molar-refractivity contribution is 5.95. The number of carbonyl (C=O) groups is 1. The summed E-state index contributed by atoms with van der Waals surface area (Å²) in [5, 5.41) is 2.94. The topological polar surface area (TPSA) is 60.5 Å². The van der Waals surface area contributed by atoms with E-state index in [2.05, 4.69) is 10.3 Å². The second-order valence-electron chi connectivity index (χ2n) is 4.55. The van der Waals surface area contributed by atoms with Crippen LogP contribution in [0.15, 0.2) is 42.7 Å². The zero-order valence-corrected chi connectivity index (χ0v) is 12.3. The molecule has 1 aromatic carbocycles. The van der Waals surface area contributed by atoms with Gasteiger partial charge in [0.1, 0.15) is 0 Å². The van der Waals surface area contributed by atoms with Gasteiger partial charge in [0.25, 0.3) is 5.91 Å². The Hall–Kier alpha value is -2.56. The number of rotatable bonds is 5. The fraction of sp³-hybridized carbons (Fsp3) is 0.250. The summed E-state index contributed by atoms with van der Waals surface area (Å²) in [5.74, 6) is 0.957. The fourth-order valence-electron chi connectivity index (χ4n) is 1.99. The summed E-state index contributed by atoms with van der Waals surface area (Å²) in [5.41, 5.74) is 1.52. The van der Waals surface area contributed by atoms with Gasteiger partial charge in [-0.2, -0.15) is 0 Å². The molecule has 5 nitrogen and oxygen atoms in total. The number of pyridine rings is 1. The lowest BCUT2D eigenvalue weighted by molar-refractivity contribution is 0.0939. The van der Waals surface area contributed by atoms with Gasteiger partial charge in [-0.3, -0.25) is 9.78 Å². The van der Waals surface area contributed by atoms with Crippen LogP contribution in [0.4, 0.5) is 0 Å². The highest BCUT2D eigenvalue weighted by Gasteiger charge is 2.13. The summed E-state index contributed by atoms with van der Waals surface area (Å²) in [7, 11) is 3.10. The summed E-state index contributed by atoms with van der Waals surface area (Å²) in [4.78, 5) is 16.2. The molecule has 0 saturated heterocycles. The average Bonchev–Trinajstić information content (AvgIpc) is 2.54. The van der Waals surface area contributed by atoms with E-state index in [9.17, 15) is 4.79 Å². The van der Waals surface area contributed by atoms with Crippen LogP contribution in [0.3, 0.4) is 0 Å². The molecule has 1 N–H and O–H groups in total. The van der Waals surface area contributed by atoms with Gasteiger partial charge in [-0.1, -0.05) is 0 Å². The van der Waals surface area contributed by atoms with Gasteiger partial charge >= 0.3 is 0 Å². The molecule has 2 rings (SSSR count). The highest BCUT2D eigenvalue weighted by Crippen LogP contribution is 2.27. The van der Waals surface area contributed by atoms with Crippen molar-refractivity contribution in [3.8, 4) is 11.5 Å². The van der Waals surface area contributed by atoms with Crippen molar-refractivity contribution in [2.75, 3.05) is 14.2 Å². The second kappa shape index (κ2) is 6.74. The molecule has 0 fully saturated rings. The molecule has 0 saturated carbocycles. The van der Waals surface area contributed by atoms with Crippen molar-refractivity contribution in [3.63, 3.8) is 0 Å². The molecular weight excluding hydrogens is 268 g/mol. The van der Waals surface area contributed by atoms with Gasteiger partial charge in [-0.15, -0.1) is 0 Å². The Kier molecular flexibility index (Phi) is 4.77. The van der Waals surface area contributed by atoms with E-state index in [0.29, 0.717) is 17.1 Å². The third kappa shape index (κ3) is 3.51. The molecule has 1 heterocycles. The maximum absolute atomic E-state index is 12.3. The van der Waals surface area contributed by atoms with Gasteiger partial charge in [0, 0.05) is 18.0 Å². The highest BCUT2D eigenvalue weighted by atomic mass is 16.5. The number of ether oxygens (including phenoxy) is 2. The van der Waals surface area contributed by atoms with Crippen LogP contribution in [0.1, 0.15) is 28.9 Å². The molecular formula is C16H18N2O3. The van der Waals surface area contributed by atoms with Crippen LogP contribution in [-0.4, -0.2) is 25.1 Å². The van der Waals surface area contributed by atoms with E-state index in [-0.39, 0.29) is 11.9 Å². The van der Waals surface area contributed by atoms with Gasteiger partial charge < -0.3 is 14.8 Å². The van der Waals surface area contributed by atoms with E-state index in [1.54, 1.807) is 44.8 Å². The minimum Gasteiger partial charge on any atom is -0.493 e. The third-order valence-electron chi connectivity index (χ3n) is 3.20. The van der Waals surface area contributed by atoms with Crippen molar-refractivity contribution >= 4 is 5.91 Å². The molecule has 21 heavy (non-hydrogen) atoms. The van der Waals surface area contributed by atoms with Crippen molar-refractivity contribution in [2.24, 2.45) is 0 Å². The lowest BCUT2D eigenvalue weighted by atomic mass is 10.1. The Morgan fingerprint density at radius 3 is 2.38 bits per heavy atom. The quantitative estimate of drug-likeness (QED) is 0.917. The van der Waals surface area contributed by atoms with Crippen molar-refractivity contribution in [1.29, 1.82) is 0 Å². The number of benzene rings is 1. The molecule has 0 spiro atoms. The van der Waals surface area contributed by atoms with E-state index in [4.69, 9.17) is 9.47 Å². The molecule has 0 aliphatic carbocycles. The summed E-state index contributed by atoms with van der Waals surface area (Å²) < 4.78 is 10.4. The zero-order valence-electron chi connectivity index (χ0n) is 12.3. The smallest absolute Gasteiger partial charge is 0.251 e. The van der Waals surface area contributed by atoms with Crippen LogP contribution in [0.5, 0.6) is 11.5 Å². The monoisotopic (exact) mass is 286 g/mol. The molecule has 0 unspecified atom stereocenters. The molecule has 2 aromatic rings. The first-order valence-corrected chi connectivity index (χ1v) is 6.58. The first-order valence-electron chi connectivity index (χ1n) is 6.58. The number of nitrogens with zero attached hydrogens (tertiary/aromatic N) is 1. The van der Waals surface area contributed by atoms with Gasteiger partial charge in [0.2, 0.25) is 0 Å². The molecule has 0 aliphatic heterocycles. The molecule has 1 aromatic heterocycles. The second-order valence-corrected chi connectivity index (χ2v) is 4.55. The van der Waals surface area contributed by atoms with Crippen LogP contribution in [0.25, 0.3) is 0 Å². The molecule has 0 bridgehead atoms. The predicted molar refractivity (Wildman–Crippen MR) is 79.7 cm³/mol. The molecule has 0 aliphatic rings. The molecule has 1 amide bonds. The van der Waals surface area contributed by atoms with Crippen LogP contribution in [-0.2, 0) is 0 Å². The number of amides is 1. The van der Waals surface area contributed by atoms with Crippen molar-refractivity contribution in [2.45, 2.75) is 13.0 Å². The number of hydrogen-bond donors (Lipinski definition) is 1. The Balaban J connectivity index is 2.13. The van der Waals surface area contributed by atoms with Gasteiger partial charge in [-0.05, 0) is 42.8 Å². The van der Waals surface area contributed by atoms with E-state index in [0.717, 1.165) is 5.56 Å². The van der Waals surface area contributed by atoms with Crippen LogP contribution < -0.4 is 14.8 Å². The van der Waals surface area contributed by atoms with Gasteiger partial charge in [0.15, 0.2) is 11.5 Å². The van der Waals surface area contributed by atoms with Crippen molar-refractivity contribution in [1.82, 2.24) is 10.3 Å². The zero-order chi connectivity index (χ0) is 15.2.